The van der Waals surface area contributed by atoms with Gasteiger partial charge in [0.2, 0.25) is 0 Å². The van der Waals surface area contributed by atoms with Crippen LogP contribution in [0.5, 0.6) is 0 Å². The van der Waals surface area contributed by atoms with E-state index in [4.69, 9.17) is 0 Å². The first-order valence-corrected chi connectivity index (χ1v) is 9.24. The smallest absolute Gasteiger partial charge is 0.274 e. The van der Waals surface area contributed by atoms with E-state index in [0.717, 1.165) is 6.42 Å². The third-order valence-corrected chi connectivity index (χ3v) is 4.79. The van der Waals surface area contributed by atoms with Gasteiger partial charge in [0, 0.05) is 23.4 Å². The zero-order chi connectivity index (χ0) is 17.8. The highest BCUT2D eigenvalue weighted by Gasteiger charge is 2.16. The molecule has 1 aromatic carbocycles. The number of benzene rings is 1. The van der Waals surface area contributed by atoms with Crippen LogP contribution in [0.3, 0.4) is 0 Å². The number of aromatic nitrogens is 2. The molecule has 0 saturated heterocycles. The lowest BCUT2D eigenvalue weighted by atomic mass is 10.1. The molecule has 0 fully saturated rings. The summed E-state index contributed by atoms with van der Waals surface area (Å²) in [6, 6.07) is 11.2. The van der Waals surface area contributed by atoms with Gasteiger partial charge < -0.3 is 5.32 Å². The lowest BCUT2D eigenvalue weighted by Gasteiger charge is -2.12. The summed E-state index contributed by atoms with van der Waals surface area (Å²) in [6.07, 6.45) is 0.785. The second-order valence-electron chi connectivity index (χ2n) is 6.36. The van der Waals surface area contributed by atoms with Crippen molar-refractivity contribution in [1.82, 2.24) is 15.1 Å². The van der Waals surface area contributed by atoms with Gasteiger partial charge >= 0.3 is 0 Å². The summed E-state index contributed by atoms with van der Waals surface area (Å²) in [4.78, 5) is 26.5. The molecule has 0 aliphatic rings. The Morgan fingerprint density at radius 2 is 1.96 bits per heavy atom. The van der Waals surface area contributed by atoms with Crippen LogP contribution in [0.2, 0.25) is 0 Å². The van der Waals surface area contributed by atoms with Gasteiger partial charge in [0.1, 0.15) is 0 Å². The largest absolute Gasteiger partial charge is 0.350 e. The highest BCUT2D eigenvalue weighted by molar-refractivity contribution is 7.09. The van der Waals surface area contributed by atoms with Crippen LogP contribution in [-0.4, -0.2) is 22.2 Å². The number of rotatable bonds is 6. The molecule has 0 bridgehead atoms. The number of nitrogens with one attached hydrogen (secondary N) is 1. The molecule has 0 spiro atoms. The fraction of sp³-hybridized carbons (Fsp3) is 0.316. The fourth-order valence-electron chi connectivity index (χ4n) is 2.71. The Morgan fingerprint density at radius 1 is 1.20 bits per heavy atom. The molecule has 0 unspecified atom stereocenters. The molecule has 0 aliphatic carbocycles. The minimum absolute atomic E-state index is 0.153. The summed E-state index contributed by atoms with van der Waals surface area (Å²) in [6.45, 7) is 5.06. The Kier molecular flexibility index (Phi) is 5.28. The van der Waals surface area contributed by atoms with E-state index in [1.54, 1.807) is 23.5 Å². The average molecular weight is 355 g/mol. The third-order valence-electron chi connectivity index (χ3n) is 3.86. The van der Waals surface area contributed by atoms with Gasteiger partial charge in [0.25, 0.3) is 11.5 Å². The number of amides is 1. The van der Waals surface area contributed by atoms with E-state index in [2.05, 4.69) is 10.4 Å². The van der Waals surface area contributed by atoms with Crippen molar-refractivity contribution in [3.8, 4) is 0 Å². The standard InChI is InChI=1S/C19H21N3O2S/c1-13(2)12-22-19(24)16-8-4-3-7-15(16)17(21-22)18(23)20-10-9-14-6-5-11-25-14/h3-8,11,13H,9-10,12H2,1-2H3,(H,20,23). The number of fused-ring (bicyclic) bond motifs is 1. The Hall–Kier alpha value is -2.47. The van der Waals surface area contributed by atoms with Gasteiger partial charge in [-0.05, 0) is 29.9 Å². The van der Waals surface area contributed by atoms with Gasteiger partial charge in [-0.3, -0.25) is 9.59 Å². The Bertz CT molecular complexity index is 929. The molecule has 1 N–H and O–H groups in total. The van der Waals surface area contributed by atoms with Crippen LogP contribution in [0, 0.1) is 5.92 Å². The Morgan fingerprint density at radius 3 is 2.64 bits per heavy atom. The number of hydrogen-bond acceptors (Lipinski definition) is 4. The topological polar surface area (TPSA) is 64.0 Å². The number of carbonyl (C=O) groups is 1. The van der Waals surface area contributed by atoms with Crippen LogP contribution >= 0.6 is 11.3 Å². The molecule has 2 aromatic heterocycles. The molecule has 3 rings (SSSR count). The average Bonchev–Trinajstić information content (AvgIpc) is 3.10. The SMILES string of the molecule is CC(C)Cn1nc(C(=O)NCCc2cccs2)c2ccccc2c1=O. The second-order valence-corrected chi connectivity index (χ2v) is 7.39. The normalized spacial score (nSPS) is 11.2. The summed E-state index contributed by atoms with van der Waals surface area (Å²) in [7, 11) is 0. The summed E-state index contributed by atoms with van der Waals surface area (Å²) < 4.78 is 1.40. The molecule has 0 aliphatic heterocycles. The zero-order valence-corrected chi connectivity index (χ0v) is 15.2. The van der Waals surface area contributed by atoms with Crippen LogP contribution in [0.25, 0.3) is 10.8 Å². The summed E-state index contributed by atoms with van der Waals surface area (Å²) in [5.74, 6) is 0.0198. The molecular weight excluding hydrogens is 334 g/mol. The summed E-state index contributed by atoms with van der Waals surface area (Å²) >= 11 is 1.67. The molecular formula is C19H21N3O2S. The summed E-state index contributed by atoms with van der Waals surface area (Å²) in [5.41, 5.74) is 0.154. The van der Waals surface area contributed by atoms with Crippen LogP contribution in [-0.2, 0) is 13.0 Å². The zero-order valence-electron chi connectivity index (χ0n) is 14.4. The third kappa shape index (κ3) is 3.96. The van der Waals surface area contributed by atoms with Crippen molar-refractivity contribution in [2.45, 2.75) is 26.8 Å². The lowest BCUT2D eigenvalue weighted by Crippen LogP contribution is -2.32. The predicted molar refractivity (Wildman–Crippen MR) is 101 cm³/mol. The van der Waals surface area contributed by atoms with Gasteiger partial charge in [-0.1, -0.05) is 38.1 Å². The number of nitrogens with zero attached hydrogens (tertiary/aromatic N) is 2. The van der Waals surface area contributed by atoms with E-state index in [9.17, 15) is 9.59 Å². The lowest BCUT2D eigenvalue weighted by molar-refractivity contribution is 0.0948. The van der Waals surface area contributed by atoms with Gasteiger partial charge in [-0.2, -0.15) is 5.10 Å². The molecule has 2 heterocycles. The van der Waals surface area contributed by atoms with Crippen molar-refractivity contribution in [3.63, 3.8) is 0 Å². The van der Waals surface area contributed by atoms with Gasteiger partial charge in [0.15, 0.2) is 5.69 Å². The van der Waals surface area contributed by atoms with Crippen molar-refractivity contribution >= 4 is 28.0 Å². The van der Waals surface area contributed by atoms with E-state index < -0.39 is 0 Å². The monoisotopic (exact) mass is 355 g/mol. The molecule has 3 aromatic rings. The van der Waals surface area contributed by atoms with Gasteiger partial charge in [-0.15, -0.1) is 11.3 Å². The van der Waals surface area contributed by atoms with Crippen molar-refractivity contribution in [2.24, 2.45) is 5.92 Å². The Labute approximate surface area is 150 Å². The minimum atomic E-state index is -0.245. The first-order chi connectivity index (χ1) is 12.1. The van der Waals surface area contributed by atoms with Gasteiger partial charge in [0.05, 0.1) is 5.39 Å². The van der Waals surface area contributed by atoms with Crippen molar-refractivity contribution in [2.75, 3.05) is 6.54 Å². The molecule has 1 amide bonds. The quantitative estimate of drug-likeness (QED) is 0.739. The Balaban J connectivity index is 1.89. The van der Waals surface area contributed by atoms with E-state index in [0.29, 0.717) is 29.6 Å². The maximum atomic E-state index is 12.7. The molecule has 25 heavy (non-hydrogen) atoms. The number of carbonyl (C=O) groups excluding carboxylic acids is 1. The molecule has 130 valence electrons. The maximum absolute atomic E-state index is 12.7. The van der Waals surface area contributed by atoms with Crippen LogP contribution in [0.15, 0.2) is 46.6 Å². The first-order valence-electron chi connectivity index (χ1n) is 8.36. The second kappa shape index (κ2) is 7.61. The predicted octanol–water partition coefficient (Wildman–Crippen LogP) is 3.09. The first kappa shape index (κ1) is 17.4. The molecule has 0 saturated carbocycles. The van der Waals surface area contributed by atoms with E-state index >= 15 is 0 Å². The minimum Gasteiger partial charge on any atom is -0.350 e. The van der Waals surface area contributed by atoms with E-state index in [1.807, 2.05) is 43.5 Å². The molecule has 6 heteroatoms. The molecule has 5 nitrogen and oxygen atoms in total. The van der Waals surface area contributed by atoms with E-state index in [-0.39, 0.29) is 17.4 Å². The van der Waals surface area contributed by atoms with E-state index in [1.165, 1.54) is 9.56 Å². The van der Waals surface area contributed by atoms with Crippen molar-refractivity contribution < 1.29 is 4.79 Å². The van der Waals surface area contributed by atoms with Crippen LogP contribution in [0.4, 0.5) is 0 Å². The number of thiophene rings is 1. The highest BCUT2D eigenvalue weighted by atomic mass is 32.1. The fourth-order valence-corrected chi connectivity index (χ4v) is 3.42. The van der Waals surface area contributed by atoms with Crippen LogP contribution in [0.1, 0.15) is 29.2 Å². The molecule has 0 atom stereocenters. The van der Waals surface area contributed by atoms with Crippen molar-refractivity contribution in [1.29, 1.82) is 0 Å². The maximum Gasteiger partial charge on any atom is 0.274 e. The van der Waals surface area contributed by atoms with Crippen molar-refractivity contribution in [3.05, 3.63) is 62.7 Å². The molecule has 0 radical (unpaired) electrons. The summed E-state index contributed by atoms with van der Waals surface area (Å²) in [5, 5.41) is 10.4. The van der Waals surface area contributed by atoms with Gasteiger partial charge in [-0.25, -0.2) is 4.68 Å². The number of hydrogen-bond donors (Lipinski definition) is 1. The van der Waals surface area contributed by atoms with Crippen LogP contribution < -0.4 is 10.9 Å². The highest BCUT2D eigenvalue weighted by Crippen LogP contribution is 2.14.